The Hall–Kier alpha value is -3.06. The van der Waals surface area contributed by atoms with E-state index >= 15 is 0 Å². The average Bonchev–Trinajstić information content (AvgIpc) is 3.08. The van der Waals surface area contributed by atoms with E-state index in [9.17, 15) is 9.59 Å². The van der Waals surface area contributed by atoms with Crippen LogP contribution in [-0.2, 0) is 11.3 Å². The number of nitrogens with zero attached hydrogens (tertiary/aromatic N) is 2. The van der Waals surface area contributed by atoms with Gasteiger partial charge in [-0.3, -0.25) is 9.78 Å². The molecule has 0 aliphatic heterocycles. The van der Waals surface area contributed by atoms with Crippen LogP contribution in [0.25, 0.3) is 10.7 Å². The number of carbonyl (C=O) groups excluding carboxylic acids is 2. The molecule has 0 fully saturated rings. The molecule has 0 saturated carbocycles. The first kappa shape index (κ1) is 17.8. The summed E-state index contributed by atoms with van der Waals surface area (Å²) in [4.78, 5) is 33.2. The van der Waals surface area contributed by atoms with E-state index in [0.717, 1.165) is 16.3 Å². The molecule has 3 aromatic rings. The summed E-state index contributed by atoms with van der Waals surface area (Å²) in [5, 5.41) is 3.60. The van der Waals surface area contributed by atoms with E-state index in [1.165, 1.54) is 18.4 Å². The Labute approximate surface area is 154 Å². The van der Waals surface area contributed by atoms with Gasteiger partial charge in [-0.1, -0.05) is 18.2 Å². The number of thiazole rings is 1. The maximum absolute atomic E-state index is 12.5. The molecule has 0 aliphatic rings. The Balaban J connectivity index is 1.67. The Morgan fingerprint density at radius 3 is 2.58 bits per heavy atom. The number of amides is 1. The third kappa shape index (κ3) is 3.94. The van der Waals surface area contributed by atoms with Crippen LogP contribution in [-0.4, -0.2) is 29.0 Å². The molecule has 6 nitrogen and oxygen atoms in total. The summed E-state index contributed by atoms with van der Waals surface area (Å²) in [7, 11) is 1.34. The monoisotopic (exact) mass is 367 g/mol. The highest BCUT2D eigenvalue weighted by Crippen LogP contribution is 2.26. The molecule has 1 amide bonds. The van der Waals surface area contributed by atoms with Crippen molar-refractivity contribution in [2.45, 2.75) is 13.5 Å². The third-order valence-electron chi connectivity index (χ3n) is 3.71. The van der Waals surface area contributed by atoms with Crippen LogP contribution in [0.3, 0.4) is 0 Å². The molecule has 132 valence electrons. The number of pyridine rings is 1. The molecule has 2 aromatic heterocycles. The number of carbonyl (C=O) groups is 2. The van der Waals surface area contributed by atoms with Crippen LogP contribution in [0.1, 0.15) is 31.3 Å². The number of benzene rings is 1. The maximum atomic E-state index is 12.5. The lowest BCUT2D eigenvalue weighted by molar-refractivity contribution is 0.0600. The third-order valence-corrected chi connectivity index (χ3v) is 4.89. The second-order valence-electron chi connectivity index (χ2n) is 5.52. The first-order chi connectivity index (χ1) is 12.6. The normalized spacial score (nSPS) is 10.4. The first-order valence-corrected chi connectivity index (χ1v) is 8.74. The predicted octanol–water partition coefficient (Wildman–Crippen LogP) is 3.23. The van der Waals surface area contributed by atoms with Crippen molar-refractivity contribution in [3.8, 4) is 10.7 Å². The minimum Gasteiger partial charge on any atom is -0.465 e. The summed E-state index contributed by atoms with van der Waals surface area (Å²) < 4.78 is 4.66. The van der Waals surface area contributed by atoms with Gasteiger partial charge in [0.1, 0.15) is 9.88 Å². The predicted molar refractivity (Wildman–Crippen MR) is 99.0 cm³/mol. The van der Waals surface area contributed by atoms with Crippen molar-refractivity contribution in [1.29, 1.82) is 0 Å². The standard InChI is InChI=1S/C19H17N3O3S/c1-12-16(26-18(22-12)15-5-3-4-10-20-15)17(23)21-11-13-6-8-14(9-7-13)19(24)25-2/h3-10H,11H2,1-2H3,(H,21,23). The molecule has 0 bridgehead atoms. The Bertz CT molecular complexity index is 921. The van der Waals surface area contributed by atoms with E-state index < -0.39 is 0 Å². The fourth-order valence-corrected chi connectivity index (χ4v) is 3.30. The number of methoxy groups -OCH3 is 1. The van der Waals surface area contributed by atoms with Gasteiger partial charge < -0.3 is 10.1 Å². The highest BCUT2D eigenvalue weighted by atomic mass is 32.1. The van der Waals surface area contributed by atoms with Crippen molar-refractivity contribution < 1.29 is 14.3 Å². The van der Waals surface area contributed by atoms with E-state index in [-0.39, 0.29) is 11.9 Å². The number of hydrogen-bond donors (Lipinski definition) is 1. The molecule has 0 saturated heterocycles. The number of aromatic nitrogens is 2. The van der Waals surface area contributed by atoms with Crippen LogP contribution in [0.4, 0.5) is 0 Å². The molecule has 0 atom stereocenters. The molecule has 0 unspecified atom stereocenters. The summed E-state index contributed by atoms with van der Waals surface area (Å²) in [6.45, 7) is 2.17. The molecule has 1 N–H and O–H groups in total. The summed E-state index contributed by atoms with van der Waals surface area (Å²) >= 11 is 1.32. The molecule has 0 radical (unpaired) electrons. The van der Waals surface area contributed by atoms with Gasteiger partial charge in [0, 0.05) is 12.7 Å². The van der Waals surface area contributed by atoms with Crippen LogP contribution < -0.4 is 5.32 Å². The van der Waals surface area contributed by atoms with Gasteiger partial charge in [0.2, 0.25) is 0 Å². The van der Waals surface area contributed by atoms with Gasteiger partial charge in [-0.15, -0.1) is 11.3 Å². The van der Waals surface area contributed by atoms with Gasteiger partial charge >= 0.3 is 5.97 Å². The van der Waals surface area contributed by atoms with Gasteiger partial charge in [0.25, 0.3) is 5.91 Å². The van der Waals surface area contributed by atoms with Crippen molar-refractivity contribution in [2.75, 3.05) is 7.11 Å². The molecule has 2 heterocycles. The van der Waals surface area contributed by atoms with E-state index in [4.69, 9.17) is 0 Å². The number of aryl methyl sites for hydroxylation is 1. The summed E-state index contributed by atoms with van der Waals surface area (Å²) in [5.41, 5.74) is 2.78. The SMILES string of the molecule is COC(=O)c1ccc(CNC(=O)c2sc(-c3ccccn3)nc2C)cc1. The van der Waals surface area contributed by atoms with Crippen molar-refractivity contribution in [2.24, 2.45) is 0 Å². The van der Waals surface area contributed by atoms with Crippen LogP contribution in [0.15, 0.2) is 48.7 Å². The van der Waals surface area contributed by atoms with Crippen LogP contribution in [0.5, 0.6) is 0 Å². The summed E-state index contributed by atoms with van der Waals surface area (Å²) in [6, 6.07) is 12.5. The quantitative estimate of drug-likeness (QED) is 0.700. The van der Waals surface area contributed by atoms with E-state index in [0.29, 0.717) is 22.7 Å². The van der Waals surface area contributed by atoms with E-state index in [1.807, 2.05) is 25.1 Å². The minimum atomic E-state index is -0.386. The number of hydrogen-bond acceptors (Lipinski definition) is 6. The van der Waals surface area contributed by atoms with Crippen molar-refractivity contribution in [3.63, 3.8) is 0 Å². The van der Waals surface area contributed by atoms with Crippen molar-refractivity contribution >= 4 is 23.2 Å². The highest BCUT2D eigenvalue weighted by molar-refractivity contribution is 7.17. The van der Waals surface area contributed by atoms with E-state index in [2.05, 4.69) is 20.0 Å². The Kier molecular flexibility index (Phi) is 5.38. The average molecular weight is 367 g/mol. The lowest BCUT2D eigenvalue weighted by Gasteiger charge is -2.05. The largest absolute Gasteiger partial charge is 0.465 e. The lowest BCUT2D eigenvalue weighted by atomic mass is 10.1. The maximum Gasteiger partial charge on any atom is 0.337 e. The van der Waals surface area contributed by atoms with Crippen molar-refractivity contribution in [1.82, 2.24) is 15.3 Å². The molecule has 1 aromatic carbocycles. The van der Waals surface area contributed by atoms with Gasteiger partial charge in [0.05, 0.1) is 24.1 Å². The fraction of sp³-hybridized carbons (Fsp3) is 0.158. The number of nitrogens with one attached hydrogen (secondary N) is 1. The van der Waals surface area contributed by atoms with Crippen LogP contribution >= 0.6 is 11.3 Å². The zero-order chi connectivity index (χ0) is 18.5. The zero-order valence-corrected chi connectivity index (χ0v) is 15.2. The molecule has 0 spiro atoms. The number of esters is 1. The zero-order valence-electron chi connectivity index (χ0n) is 14.4. The number of ether oxygens (including phenoxy) is 1. The van der Waals surface area contributed by atoms with Gasteiger partial charge in [-0.25, -0.2) is 9.78 Å². The number of rotatable bonds is 5. The van der Waals surface area contributed by atoms with Gasteiger partial charge in [0.15, 0.2) is 0 Å². The van der Waals surface area contributed by atoms with Crippen LogP contribution in [0, 0.1) is 6.92 Å². The minimum absolute atomic E-state index is 0.181. The first-order valence-electron chi connectivity index (χ1n) is 7.93. The Morgan fingerprint density at radius 2 is 1.92 bits per heavy atom. The highest BCUT2D eigenvalue weighted by Gasteiger charge is 2.16. The van der Waals surface area contributed by atoms with E-state index in [1.54, 1.807) is 30.5 Å². The van der Waals surface area contributed by atoms with Gasteiger partial charge in [-0.2, -0.15) is 0 Å². The molecular formula is C19H17N3O3S. The molecule has 26 heavy (non-hydrogen) atoms. The molecule has 3 rings (SSSR count). The smallest absolute Gasteiger partial charge is 0.337 e. The summed E-state index contributed by atoms with van der Waals surface area (Å²) in [5.74, 6) is -0.567. The van der Waals surface area contributed by atoms with Gasteiger partial charge in [-0.05, 0) is 36.8 Å². The summed E-state index contributed by atoms with van der Waals surface area (Å²) in [6.07, 6.45) is 1.70. The lowest BCUT2D eigenvalue weighted by Crippen LogP contribution is -2.22. The second kappa shape index (κ2) is 7.88. The second-order valence-corrected chi connectivity index (χ2v) is 6.52. The Morgan fingerprint density at radius 1 is 1.15 bits per heavy atom. The topological polar surface area (TPSA) is 81.2 Å². The van der Waals surface area contributed by atoms with Crippen molar-refractivity contribution in [3.05, 3.63) is 70.4 Å². The molecule has 0 aliphatic carbocycles. The molecule has 7 heteroatoms. The molecular weight excluding hydrogens is 350 g/mol. The van der Waals surface area contributed by atoms with Crippen LogP contribution in [0.2, 0.25) is 0 Å². The fourth-order valence-electron chi connectivity index (χ4n) is 2.35.